The number of carbonyl (C=O) groups excluding carboxylic acids is 3. The Kier molecular flexibility index (Phi) is 10.7. The first-order chi connectivity index (χ1) is 13.9. The molecule has 1 rings (SSSR count). The molecule has 1 aromatic rings. The smallest absolute Gasteiger partial charge is 0.496 e. The van der Waals surface area contributed by atoms with E-state index in [1.165, 1.54) is 20.1 Å². The number of carbonyl (C=O) groups is 3. The third-order valence-corrected chi connectivity index (χ3v) is 3.65. The normalized spacial score (nSPS) is 11.0. The van der Waals surface area contributed by atoms with E-state index in [0.29, 0.717) is 36.5 Å². The molecule has 0 aromatic heterocycles. The van der Waals surface area contributed by atoms with Crippen molar-refractivity contribution < 1.29 is 38.1 Å². The summed E-state index contributed by atoms with van der Waals surface area (Å²) >= 11 is 0. The lowest BCUT2D eigenvalue weighted by atomic mass is 10.2. The van der Waals surface area contributed by atoms with E-state index < -0.39 is 18.2 Å². The highest BCUT2D eigenvalue weighted by Crippen LogP contribution is 2.25. The number of nitrogens with one attached hydrogen (secondary N) is 1. The fourth-order valence-electron chi connectivity index (χ4n) is 2.10. The maximum atomic E-state index is 12.0. The average molecular weight is 409 g/mol. The highest BCUT2D eigenvalue weighted by atomic mass is 16.7. The van der Waals surface area contributed by atoms with E-state index in [1.807, 2.05) is 0 Å². The van der Waals surface area contributed by atoms with Crippen LogP contribution >= 0.6 is 0 Å². The number of hydrogen-bond donors (Lipinski definition) is 1. The number of ether oxygens (including phenoxy) is 5. The first-order valence-corrected chi connectivity index (χ1v) is 9.02. The highest BCUT2D eigenvalue weighted by Gasteiger charge is 2.20. The molecule has 9 nitrogen and oxygen atoms in total. The second-order valence-electron chi connectivity index (χ2n) is 5.82. The van der Waals surface area contributed by atoms with Crippen LogP contribution in [-0.4, -0.2) is 51.5 Å². The standard InChI is InChI=1S/C20H27NO8/c1-5-10-27-20(24)29-14(2)19(23)28-13-15-8-9-16(12-17(15)25-4)26-11-6-7-18(22)21-3/h5,8-9,12,14H,1,6-7,10-11,13H2,2-4H3,(H,21,22). The van der Waals surface area contributed by atoms with Crippen molar-refractivity contribution in [1.29, 1.82) is 0 Å². The second kappa shape index (κ2) is 13.0. The van der Waals surface area contributed by atoms with E-state index in [1.54, 1.807) is 25.2 Å². The first-order valence-electron chi connectivity index (χ1n) is 9.02. The minimum absolute atomic E-state index is 0.0159. The molecular weight excluding hydrogens is 382 g/mol. The molecule has 0 aliphatic carbocycles. The Balaban J connectivity index is 2.52. The van der Waals surface area contributed by atoms with Gasteiger partial charge in [-0.3, -0.25) is 4.79 Å². The van der Waals surface area contributed by atoms with Crippen LogP contribution in [-0.2, 0) is 30.4 Å². The molecule has 1 amide bonds. The fraction of sp³-hybridized carbons (Fsp3) is 0.450. The maximum absolute atomic E-state index is 12.0. The van der Waals surface area contributed by atoms with Crippen LogP contribution < -0.4 is 14.8 Å². The molecule has 1 aromatic carbocycles. The van der Waals surface area contributed by atoms with Gasteiger partial charge in [0, 0.05) is 25.1 Å². The number of methoxy groups -OCH3 is 1. The highest BCUT2D eigenvalue weighted by molar-refractivity contribution is 5.77. The summed E-state index contributed by atoms with van der Waals surface area (Å²) in [5.74, 6) is 0.267. The number of hydrogen-bond acceptors (Lipinski definition) is 8. The number of esters is 1. The molecule has 0 saturated heterocycles. The van der Waals surface area contributed by atoms with E-state index >= 15 is 0 Å². The predicted octanol–water partition coefficient (Wildman–Crippen LogP) is 2.37. The molecule has 29 heavy (non-hydrogen) atoms. The zero-order valence-electron chi connectivity index (χ0n) is 16.9. The third kappa shape index (κ3) is 9.00. The molecule has 1 N–H and O–H groups in total. The monoisotopic (exact) mass is 409 g/mol. The lowest BCUT2D eigenvalue weighted by molar-refractivity contribution is -0.155. The maximum Gasteiger partial charge on any atom is 0.509 e. The lowest BCUT2D eigenvalue weighted by Crippen LogP contribution is -2.26. The zero-order valence-corrected chi connectivity index (χ0v) is 16.9. The Bertz CT molecular complexity index is 704. The van der Waals surface area contributed by atoms with E-state index in [4.69, 9.17) is 18.9 Å². The minimum Gasteiger partial charge on any atom is -0.496 e. The molecule has 0 saturated carbocycles. The van der Waals surface area contributed by atoms with Crippen LogP contribution in [0, 0.1) is 0 Å². The van der Waals surface area contributed by atoms with Gasteiger partial charge in [-0.25, -0.2) is 9.59 Å². The topological polar surface area (TPSA) is 109 Å². The van der Waals surface area contributed by atoms with Gasteiger partial charge in [0.1, 0.15) is 24.7 Å². The summed E-state index contributed by atoms with van der Waals surface area (Å²) in [6.45, 7) is 5.07. The van der Waals surface area contributed by atoms with Crippen LogP contribution in [0.3, 0.4) is 0 Å². The van der Waals surface area contributed by atoms with Gasteiger partial charge >= 0.3 is 12.1 Å². The Morgan fingerprint density at radius 3 is 2.66 bits per heavy atom. The first kappa shape index (κ1) is 23.8. The molecule has 1 atom stereocenters. The summed E-state index contributed by atoms with van der Waals surface area (Å²) in [5.41, 5.74) is 0.611. The Morgan fingerprint density at radius 2 is 2.00 bits per heavy atom. The van der Waals surface area contributed by atoms with Crippen LogP contribution in [0.25, 0.3) is 0 Å². The van der Waals surface area contributed by atoms with Gasteiger partial charge < -0.3 is 29.0 Å². The van der Waals surface area contributed by atoms with Crippen LogP contribution in [0.5, 0.6) is 11.5 Å². The van der Waals surface area contributed by atoms with Crippen molar-refractivity contribution in [3.05, 3.63) is 36.4 Å². The van der Waals surface area contributed by atoms with Crippen LogP contribution in [0.1, 0.15) is 25.3 Å². The van der Waals surface area contributed by atoms with Crippen LogP contribution in [0.2, 0.25) is 0 Å². The van der Waals surface area contributed by atoms with Crippen LogP contribution in [0.15, 0.2) is 30.9 Å². The second-order valence-corrected chi connectivity index (χ2v) is 5.82. The SMILES string of the molecule is C=CCOC(=O)OC(C)C(=O)OCc1ccc(OCCCC(=O)NC)cc1OC. The van der Waals surface area contributed by atoms with Crippen molar-refractivity contribution in [2.24, 2.45) is 0 Å². The fourth-order valence-corrected chi connectivity index (χ4v) is 2.10. The van der Waals surface area contributed by atoms with Gasteiger partial charge in [-0.1, -0.05) is 12.7 Å². The average Bonchev–Trinajstić information content (AvgIpc) is 2.73. The van der Waals surface area contributed by atoms with Gasteiger partial charge in [0.25, 0.3) is 0 Å². The largest absolute Gasteiger partial charge is 0.509 e. The van der Waals surface area contributed by atoms with E-state index in [-0.39, 0.29) is 19.1 Å². The Labute approximate surface area is 169 Å². The third-order valence-electron chi connectivity index (χ3n) is 3.65. The van der Waals surface area contributed by atoms with Crippen molar-refractivity contribution in [3.63, 3.8) is 0 Å². The van der Waals surface area contributed by atoms with Crippen LogP contribution in [0.4, 0.5) is 4.79 Å². The number of rotatable bonds is 12. The van der Waals surface area contributed by atoms with Crippen molar-refractivity contribution in [2.45, 2.75) is 32.5 Å². The molecule has 1 unspecified atom stereocenters. The molecule has 0 radical (unpaired) electrons. The molecule has 0 spiro atoms. The molecule has 160 valence electrons. The van der Waals surface area contributed by atoms with Crippen molar-refractivity contribution in [2.75, 3.05) is 27.4 Å². The van der Waals surface area contributed by atoms with E-state index in [0.717, 1.165) is 0 Å². The molecule has 0 heterocycles. The molecule has 9 heteroatoms. The Hall–Kier alpha value is -3.23. The van der Waals surface area contributed by atoms with Crippen molar-refractivity contribution in [3.8, 4) is 11.5 Å². The summed E-state index contributed by atoms with van der Waals surface area (Å²) in [7, 11) is 3.07. The minimum atomic E-state index is -1.12. The molecule has 0 bridgehead atoms. The number of benzene rings is 1. The Morgan fingerprint density at radius 1 is 1.24 bits per heavy atom. The zero-order chi connectivity index (χ0) is 21.6. The van der Waals surface area contributed by atoms with Gasteiger partial charge in [0.15, 0.2) is 6.10 Å². The molecular formula is C20H27NO8. The molecule has 0 aliphatic heterocycles. The summed E-state index contributed by atoms with van der Waals surface area (Å²) in [6.07, 6.45) is 0.231. The van der Waals surface area contributed by atoms with Gasteiger partial charge in [-0.2, -0.15) is 0 Å². The summed E-state index contributed by atoms with van der Waals surface area (Å²) < 4.78 is 25.5. The van der Waals surface area contributed by atoms with Gasteiger partial charge in [0.2, 0.25) is 5.91 Å². The predicted molar refractivity (Wildman–Crippen MR) is 104 cm³/mol. The summed E-state index contributed by atoms with van der Waals surface area (Å²) in [6, 6.07) is 5.07. The van der Waals surface area contributed by atoms with Crippen molar-refractivity contribution >= 4 is 18.0 Å². The molecule has 0 fully saturated rings. The number of amides is 1. The van der Waals surface area contributed by atoms with E-state index in [9.17, 15) is 14.4 Å². The van der Waals surface area contributed by atoms with E-state index in [2.05, 4.69) is 16.6 Å². The quantitative estimate of drug-likeness (QED) is 0.318. The summed E-state index contributed by atoms with van der Waals surface area (Å²) in [5, 5.41) is 2.55. The van der Waals surface area contributed by atoms with Gasteiger partial charge in [-0.15, -0.1) is 0 Å². The summed E-state index contributed by atoms with van der Waals surface area (Å²) in [4.78, 5) is 34.5. The van der Waals surface area contributed by atoms with Gasteiger partial charge in [0.05, 0.1) is 13.7 Å². The lowest BCUT2D eigenvalue weighted by Gasteiger charge is -2.14. The van der Waals surface area contributed by atoms with Gasteiger partial charge in [-0.05, 0) is 25.5 Å². The van der Waals surface area contributed by atoms with Crippen molar-refractivity contribution in [1.82, 2.24) is 5.32 Å². The molecule has 0 aliphatic rings.